The zero-order valence-corrected chi connectivity index (χ0v) is 19.4. The third kappa shape index (κ3) is 4.47. The molecular formula is C27H24N2O3S. The van der Waals surface area contributed by atoms with E-state index in [0.717, 1.165) is 34.5 Å². The van der Waals surface area contributed by atoms with Gasteiger partial charge in [-0.1, -0.05) is 48.6 Å². The smallest absolute Gasteiger partial charge is 0.274 e. The molecule has 0 unspecified atom stereocenters. The maximum absolute atomic E-state index is 13.0. The van der Waals surface area contributed by atoms with E-state index in [9.17, 15) is 4.79 Å². The summed E-state index contributed by atoms with van der Waals surface area (Å²) in [4.78, 5) is 18.2. The van der Waals surface area contributed by atoms with Crippen LogP contribution in [0.15, 0.2) is 71.5 Å². The first kappa shape index (κ1) is 21.2. The summed E-state index contributed by atoms with van der Waals surface area (Å²) >= 11 is 1.40. The van der Waals surface area contributed by atoms with Crippen molar-refractivity contribution >= 4 is 33.4 Å². The number of para-hydroxylation sites is 2. The first-order valence-corrected chi connectivity index (χ1v) is 11.8. The van der Waals surface area contributed by atoms with E-state index in [1.54, 1.807) is 4.40 Å². The van der Waals surface area contributed by atoms with Crippen LogP contribution in [-0.2, 0) is 6.42 Å². The fraction of sp³-hybridized carbons (Fsp3) is 0.185. The Morgan fingerprint density at radius 2 is 1.79 bits per heavy atom. The molecule has 0 amide bonds. The van der Waals surface area contributed by atoms with Crippen LogP contribution in [0.5, 0.6) is 11.5 Å². The molecule has 6 heteroatoms. The van der Waals surface area contributed by atoms with Crippen molar-refractivity contribution in [2.24, 2.45) is 0 Å². The number of hydrogen-bond acceptors (Lipinski definition) is 5. The van der Waals surface area contributed by atoms with Crippen molar-refractivity contribution in [2.45, 2.75) is 20.3 Å². The highest BCUT2D eigenvalue weighted by Crippen LogP contribution is 2.19. The fourth-order valence-electron chi connectivity index (χ4n) is 3.89. The van der Waals surface area contributed by atoms with Crippen LogP contribution in [0.25, 0.3) is 22.1 Å². The Morgan fingerprint density at radius 3 is 2.64 bits per heavy atom. The van der Waals surface area contributed by atoms with Gasteiger partial charge in [-0.15, -0.1) is 0 Å². The Balaban J connectivity index is 1.30. The number of ether oxygens (including phenoxy) is 2. The van der Waals surface area contributed by atoms with Crippen molar-refractivity contribution in [1.82, 2.24) is 9.38 Å². The molecule has 0 N–H and O–H groups in total. The van der Waals surface area contributed by atoms with Crippen LogP contribution in [-0.4, -0.2) is 22.6 Å². The van der Waals surface area contributed by atoms with E-state index in [0.29, 0.717) is 22.7 Å². The van der Waals surface area contributed by atoms with Crippen molar-refractivity contribution in [3.63, 3.8) is 0 Å². The Morgan fingerprint density at radius 1 is 0.970 bits per heavy atom. The average Bonchev–Trinajstić information content (AvgIpc) is 3.32. The lowest BCUT2D eigenvalue weighted by molar-refractivity contribution is 0.217. The van der Waals surface area contributed by atoms with Crippen LogP contribution in [0, 0.1) is 6.92 Å². The Kier molecular flexibility index (Phi) is 5.84. The topological polar surface area (TPSA) is 52.8 Å². The molecule has 5 rings (SSSR count). The second-order valence-corrected chi connectivity index (χ2v) is 8.92. The van der Waals surface area contributed by atoms with E-state index in [4.69, 9.17) is 9.47 Å². The number of rotatable bonds is 7. The number of imidazole rings is 1. The number of hydrogen-bond donors (Lipinski definition) is 0. The van der Waals surface area contributed by atoms with Crippen LogP contribution in [0.1, 0.15) is 23.6 Å². The predicted molar refractivity (Wildman–Crippen MR) is 134 cm³/mol. The van der Waals surface area contributed by atoms with Crippen molar-refractivity contribution in [2.75, 3.05) is 13.2 Å². The molecule has 0 fully saturated rings. The zero-order chi connectivity index (χ0) is 22.8. The SMILES string of the molecule is CCc1cc(C)cc(OCCOc2cccc(/C=c3\sc4nc5ccccc5n4c3=O)c2)c1. The second-order valence-electron chi connectivity index (χ2n) is 7.91. The molecule has 0 saturated heterocycles. The molecule has 2 heterocycles. The quantitative estimate of drug-likeness (QED) is 0.331. The molecule has 166 valence electrons. The van der Waals surface area contributed by atoms with Crippen molar-refractivity contribution < 1.29 is 9.47 Å². The summed E-state index contributed by atoms with van der Waals surface area (Å²) in [7, 11) is 0. The van der Waals surface area contributed by atoms with Gasteiger partial charge in [-0.25, -0.2) is 9.38 Å². The Hall–Kier alpha value is -3.64. The normalized spacial score (nSPS) is 12.0. The fourth-order valence-corrected chi connectivity index (χ4v) is 4.88. The van der Waals surface area contributed by atoms with Crippen LogP contribution < -0.4 is 19.6 Å². The number of thiazole rings is 1. The van der Waals surface area contributed by atoms with E-state index in [-0.39, 0.29) is 5.56 Å². The van der Waals surface area contributed by atoms with Gasteiger partial charge in [-0.2, -0.15) is 0 Å². The summed E-state index contributed by atoms with van der Waals surface area (Å²) in [5, 5.41) is 0. The zero-order valence-electron chi connectivity index (χ0n) is 18.6. The van der Waals surface area contributed by atoms with Gasteiger partial charge in [-0.3, -0.25) is 4.79 Å². The van der Waals surface area contributed by atoms with E-state index < -0.39 is 0 Å². The summed E-state index contributed by atoms with van der Waals surface area (Å²) in [5.41, 5.74) is 4.99. The molecular weight excluding hydrogens is 432 g/mol. The molecule has 0 radical (unpaired) electrons. The van der Waals surface area contributed by atoms with Crippen molar-refractivity contribution in [3.8, 4) is 11.5 Å². The van der Waals surface area contributed by atoms with Crippen molar-refractivity contribution in [1.29, 1.82) is 0 Å². The number of aromatic nitrogens is 2. The predicted octanol–water partition coefficient (Wildman–Crippen LogP) is 4.79. The third-order valence-corrected chi connectivity index (χ3v) is 6.41. The third-order valence-electron chi connectivity index (χ3n) is 5.44. The molecule has 33 heavy (non-hydrogen) atoms. The minimum absolute atomic E-state index is 0.0481. The maximum atomic E-state index is 13.0. The number of fused-ring (bicyclic) bond motifs is 3. The minimum Gasteiger partial charge on any atom is -0.490 e. The first-order valence-electron chi connectivity index (χ1n) is 11.0. The van der Waals surface area contributed by atoms with E-state index in [1.807, 2.05) is 60.7 Å². The van der Waals surface area contributed by atoms with Crippen LogP contribution in [0.2, 0.25) is 0 Å². The van der Waals surface area contributed by atoms with E-state index in [1.165, 1.54) is 22.5 Å². The summed E-state index contributed by atoms with van der Waals surface area (Å²) < 4.78 is 14.1. The molecule has 2 aromatic heterocycles. The van der Waals surface area contributed by atoms with Gasteiger partial charge in [0.15, 0.2) is 4.96 Å². The molecule has 0 aliphatic heterocycles. The van der Waals surface area contributed by atoms with Gasteiger partial charge in [0.25, 0.3) is 5.56 Å². The van der Waals surface area contributed by atoms with Gasteiger partial charge in [0, 0.05) is 0 Å². The average molecular weight is 457 g/mol. The summed E-state index contributed by atoms with van der Waals surface area (Å²) in [6, 6.07) is 21.7. The standard InChI is InChI=1S/C27H24N2O3S/c1-3-19-13-18(2)14-22(15-19)32-12-11-31-21-8-6-7-20(16-21)17-25-26(30)29-24-10-5-4-9-23(24)28-27(29)33-25/h4-10,13-17H,3,11-12H2,1-2H3/b25-17-. The van der Waals surface area contributed by atoms with Crippen LogP contribution >= 0.6 is 11.3 Å². The molecule has 0 aliphatic carbocycles. The number of nitrogens with zero attached hydrogens (tertiary/aromatic N) is 2. The lowest BCUT2D eigenvalue weighted by Gasteiger charge is -2.10. The molecule has 0 bridgehead atoms. The van der Waals surface area contributed by atoms with Gasteiger partial charge in [-0.05, 0) is 72.5 Å². The highest BCUT2D eigenvalue weighted by Gasteiger charge is 2.10. The molecule has 0 aliphatic rings. The van der Waals surface area contributed by atoms with Gasteiger partial charge < -0.3 is 9.47 Å². The lowest BCUT2D eigenvalue weighted by atomic mass is 10.1. The molecule has 3 aromatic carbocycles. The Bertz CT molecular complexity index is 1550. The molecule has 0 saturated carbocycles. The van der Waals surface area contributed by atoms with Gasteiger partial charge in [0.1, 0.15) is 24.7 Å². The summed E-state index contributed by atoms with van der Waals surface area (Å²) in [6.07, 6.45) is 2.87. The van der Waals surface area contributed by atoms with E-state index >= 15 is 0 Å². The molecule has 0 spiro atoms. The Labute approximate surface area is 195 Å². The highest BCUT2D eigenvalue weighted by molar-refractivity contribution is 7.15. The van der Waals surface area contributed by atoms with Gasteiger partial charge >= 0.3 is 0 Å². The summed E-state index contributed by atoms with van der Waals surface area (Å²) in [6.45, 7) is 5.11. The molecule has 5 nitrogen and oxygen atoms in total. The van der Waals surface area contributed by atoms with Gasteiger partial charge in [0.05, 0.1) is 15.6 Å². The van der Waals surface area contributed by atoms with E-state index in [2.05, 4.69) is 31.0 Å². The largest absolute Gasteiger partial charge is 0.490 e. The van der Waals surface area contributed by atoms with Gasteiger partial charge in [0.2, 0.25) is 0 Å². The molecule has 0 atom stereocenters. The van der Waals surface area contributed by atoms with Crippen molar-refractivity contribution in [3.05, 3.63) is 98.3 Å². The number of benzene rings is 3. The van der Waals surface area contributed by atoms with Crippen LogP contribution in [0.4, 0.5) is 0 Å². The first-order chi connectivity index (χ1) is 16.1. The summed E-state index contributed by atoms with van der Waals surface area (Å²) in [5.74, 6) is 1.61. The van der Waals surface area contributed by atoms with Crippen LogP contribution in [0.3, 0.4) is 0 Å². The number of aryl methyl sites for hydroxylation is 2. The highest BCUT2D eigenvalue weighted by atomic mass is 32.1. The molecule has 5 aromatic rings. The second kappa shape index (κ2) is 9.08. The minimum atomic E-state index is -0.0481. The lowest BCUT2D eigenvalue weighted by Crippen LogP contribution is -2.22. The monoisotopic (exact) mass is 456 g/mol. The maximum Gasteiger partial charge on any atom is 0.274 e.